The van der Waals surface area contributed by atoms with E-state index in [4.69, 9.17) is 0 Å². The maximum absolute atomic E-state index is 2.41. The van der Waals surface area contributed by atoms with Crippen LogP contribution in [0.3, 0.4) is 0 Å². The van der Waals surface area contributed by atoms with Gasteiger partial charge < -0.3 is 4.90 Å². The van der Waals surface area contributed by atoms with Crippen LogP contribution in [-0.4, -0.2) is 35.9 Å². The zero-order chi connectivity index (χ0) is 14.0. The average molecular weight is 265 g/mol. The van der Waals surface area contributed by atoms with Gasteiger partial charge in [0.25, 0.3) is 0 Å². The molecule has 1 unspecified atom stereocenters. The van der Waals surface area contributed by atoms with Gasteiger partial charge in [0.1, 0.15) is 0 Å². The van der Waals surface area contributed by atoms with E-state index in [1.165, 1.54) is 5.30 Å². The van der Waals surface area contributed by atoms with Gasteiger partial charge in [0.15, 0.2) is 0 Å². The topological polar surface area (TPSA) is 3.24 Å². The zero-order valence-electron chi connectivity index (χ0n) is 13.0. The molecule has 0 heterocycles. The summed E-state index contributed by atoms with van der Waals surface area (Å²) in [6.45, 7) is 13.1. The number of benzene rings is 1. The van der Waals surface area contributed by atoms with Crippen LogP contribution in [0.4, 0.5) is 0 Å². The summed E-state index contributed by atoms with van der Waals surface area (Å²) in [5.74, 6) is 0. The summed E-state index contributed by atoms with van der Waals surface area (Å²) < 4.78 is 0. The van der Waals surface area contributed by atoms with E-state index >= 15 is 0 Å². The van der Waals surface area contributed by atoms with Gasteiger partial charge in [0.2, 0.25) is 0 Å². The van der Waals surface area contributed by atoms with Gasteiger partial charge in [0, 0.05) is 11.7 Å². The molecular weight excluding hydrogens is 237 g/mol. The van der Waals surface area contributed by atoms with E-state index in [-0.39, 0.29) is 7.92 Å². The molecule has 0 saturated carbocycles. The highest BCUT2D eigenvalue weighted by atomic mass is 31.1. The van der Waals surface area contributed by atoms with Crippen molar-refractivity contribution in [2.75, 3.05) is 20.6 Å². The van der Waals surface area contributed by atoms with E-state index in [2.05, 4.69) is 83.9 Å². The Hall–Kier alpha value is -0.390. The van der Waals surface area contributed by atoms with Crippen molar-refractivity contribution in [3.63, 3.8) is 0 Å². The predicted octanol–water partition coefficient (Wildman–Crippen LogP) is 3.93. The predicted molar refractivity (Wildman–Crippen MR) is 85.4 cm³/mol. The maximum atomic E-state index is 2.41. The average Bonchev–Trinajstić information content (AvgIpc) is 2.13. The van der Waals surface area contributed by atoms with Crippen molar-refractivity contribution in [1.29, 1.82) is 0 Å². The van der Waals surface area contributed by atoms with Crippen molar-refractivity contribution in [2.24, 2.45) is 0 Å². The number of hydrogen-bond donors (Lipinski definition) is 0. The number of hydrogen-bond acceptors (Lipinski definition) is 1. The van der Waals surface area contributed by atoms with Gasteiger partial charge in [-0.1, -0.05) is 72.9 Å². The van der Waals surface area contributed by atoms with Crippen LogP contribution in [0.5, 0.6) is 0 Å². The highest BCUT2D eigenvalue weighted by molar-refractivity contribution is 7.68. The maximum Gasteiger partial charge on any atom is 0.00692 e. The Morgan fingerprint density at radius 2 is 1.44 bits per heavy atom. The van der Waals surface area contributed by atoms with Gasteiger partial charge in [-0.2, -0.15) is 0 Å². The molecule has 0 fully saturated rings. The third-order valence-corrected chi connectivity index (χ3v) is 6.50. The fourth-order valence-corrected chi connectivity index (χ4v) is 7.25. The summed E-state index contributed by atoms with van der Waals surface area (Å²) in [6.07, 6.45) is 0. The first-order chi connectivity index (χ1) is 8.14. The summed E-state index contributed by atoms with van der Waals surface area (Å²) in [7, 11) is 4.12. The molecule has 0 radical (unpaired) electrons. The van der Waals surface area contributed by atoms with E-state index < -0.39 is 0 Å². The Kier molecular flexibility index (Phi) is 4.98. The zero-order valence-corrected chi connectivity index (χ0v) is 13.9. The lowest BCUT2D eigenvalue weighted by molar-refractivity contribution is 0.368. The van der Waals surface area contributed by atoms with Crippen LogP contribution < -0.4 is 5.30 Å². The van der Waals surface area contributed by atoms with E-state index in [9.17, 15) is 0 Å². The van der Waals surface area contributed by atoms with Crippen LogP contribution in [0, 0.1) is 0 Å². The molecule has 0 bridgehead atoms. The van der Waals surface area contributed by atoms with Gasteiger partial charge in [-0.05, 0) is 24.6 Å². The molecule has 0 aromatic heterocycles. The van der Waals surface area contributed by atoms with Crippen molar-refractivity contribution >= 4 is 13.2 Å². The van der Waals surface area contributed by atoms with E-state index in [0.29, 0.717) is 10.3 Å². The summed E-state index contributed by atoms with van der Waals surface area (Å²) in [6, 6.07) is 11.0. The lowest BCUT2D eigenvalue weighted by atomic mass is 10.2. The number of nitrogens with zero attached hydrogens (tertiary/aromatic N) is 1. The summed E-state index contributed by atoms with van der Waals surface area (Å²) in [5.41, 5.74) is 0. The normalized spacial score (nSPS) is 14.9. The second kappa shape index (κ2) is 5.72. The Morgan fingerprint density at radius 1 is 0.944 bits per heavy atom. The van der Waals surface area contributed by atoms with Crippen LogP contribution in [0.25, 0.3) is 0 Å². The number of rotatable bonds is 4. The molecule has 2 heteroatoms. The van der Waals surface area contributed by atoms with Crippen LogP contribution >= 0.6 is 7.92 Å². The molecule has 0 aliphatic carbocycles. The summed E-state index contributed by atoms with van der Waals surface area (Å²) in [4.78, 5) is 2.31. The summed E-state index contributed by atoms with van der Waals surface area (Å²) in [5, 5.41) is 2.17. The Balaban J connectivity index is 3.15. The molecule has 0 saturated heterocycles. The fourth-order valence-electron chi connectivity index (χ4n) is 3.07. The van der Waals surface area contributed by atoms with Crippen molar-refractivity contribution < 1.29 is 0 Å². The first-order valence-electron chi connectivity index (χ1n) is 6.65. The molecule has 102 valence electrons. The van der Waals surface area contributed by atoms with Gasteiger partial charge in [-0.25, -0.2) is 0 Å². The van der Waals surface area contributed by atoms with Crippen molar-refractivity contribution in [3.8, 4) is 0 Å². The molecule has 1 aromatic carbocycles. The highest BCUT2D eigenvalue weighted by Crippen LogP contribution is 2.58. The molecule has 0 N–H and O–H groups in total. The standard InChI is InChI=1S/C16H28NP/c1-15(2,3)18(14-11-9-8-10-12-14)16(4,5)13-17(6)7/h8-12H,13H2,1-7H3. The van der Waals surface area contributed by atoms with Crippen LogP contribution in [0.1, 0.15) is 34.6 Å². The van der Waals surface area contributed by atoms with E-state index in [0.717, 1.165) is 6.54 Å². The quantitative estimate of drug-likeness (QED) is 0.746. The Morgan fingerprint density at radius 3 is 1.83 bits per heavy atom. The van der Waals surface area contributed by atoms with Crippen molar-refractivity contribution in [2.45, 2.75) is 44.9 Å². The lowest BCUT2D eigenvalue weighted by Crippen LogP contribution is -2.40. The monoisotopic (exact) mass is 265 g/mol. The van der Waals surface area contributed by atoms with Crippen molar-refractivity contribution in [1.82, 2.24) is 4.90 Å². The van der Waals surface area contributed by atoms with Gasteiger partial charge in [-0.15, -0.1) is 0 Å². The molecule has 0 spiro atoms. The smallest absolute Gasteiger partial charge is 0.00692 e. The SMILES string of the molecule is CN(C)CC(C)(C)P(c1ccccc1)C(C)(C)C. The van der Waals surface area contributed by atoms with E-state index in [1.54, 1.807) is 0 Å². The first-order valence-corrected chi connectivity index (χ1v) is 7.99. The highest BCUT2D eigenvalue weighted by Gasteiger charge is 2.38. The first kappa shape index (κ1) is 15.7. The second-order valence-electron chi connectivity index (χ2n) is 6.89. The Bertz CT molecular complexity index is 362. The minimum Gasteiger partial charge on any atom is -0.309 e. The molecule has 1 atom stereocenters. The minimum atomic E-state index is -0.214. The molecule has 0 aliphatic rings. The molecule has 0 aliphatic heterocycles. The van der Waals surface area contributed by atoms with Crippen LogP contribution in [-0.2, 0) is 0 Å². The molecule has 1 rings (SSSR count). The largest absolute Gasteiger partial charge is 0.309 e. The van der Waals surface area contributed by atoms with E-state index in [1.807, 2.05) is 0 Å². The third kappa shape index (κ3) is 4.07. The van der Waals surface area contributed by atoms with Gasteiger partial charge >= 0.3 is 0 Å². The minimum absolute atomic E-state index is 0.214. The van der Waals surface area contributed by atoms with Gasteiger partial charge in [-0.3, -0.25) is 0 Å². The third-order valence-electron chi connectivity index (χ3n) is 2.99. The Labute approximate surface area is 114 Å². The second-order valence-corrected chi connectivity index (χ2v) is 10.6. The summed E-state index contributed by atoms with van der Waals surface area (Å²) >= 11 is 0. The lowest BCUT2D eigenvalue weighted by Gasteiger charge is -2.45. The van der Waals surface area contributed by atoms with Crippen molar-refractivity contribution in [3.05, 3.63) is 30.3 Å². The molecular formula is C16H28NP. The fraction of sp³-hybridized carbons (Fsp3) is 0.625. The molecule has 1 nitrogen and oxygen atoms in total. The van der Waals surface area contributed by atoms with Gasteiger partial charge in [0.05, 0.1) is 0 Å². The van der Waals surface area contributed by atoms with Crippen LogP contribution in [0.2, 0.25) is 0 Å². The molecule has 1 aromatic rings. The van der Waals surface area contributed by atoms with Crippen LogP contribution in [0.15, 0.2) is 30.3 Å². The molecule has 0 amide bonds. The molecule has 18 heavy (non-hydrogen) atoms.